The van der Waals surface area contributed by atoms with Gasteiger partial charge in [-0.25, -0.2) is 22.5 Å². The van der Waals surface area contributed by atoms with Gasteiger partial charge in [-0.3, -0.25) is 9.78 Å². The molecule has 0 bridgehead atoms. The Morgan fingerprint density at radius 3 is 2.44 bits per heavy atom. The van der Waals surface area contributed by atoms with E-state index in [-0.39, 0.29) is 51.4 Å². The van der Waals surface area contributed by atoms with E-state index in [1.807, 2.05) is 0 Å². The molecule has 6 rings (SSSR count). The number of halogens is 4. The fraction of sp³-hybridized carbons (Fsp3) is 0.344. The van der Waals surface area contributed by atoms with Gasteiger partial charge in [-0.15, -0.1) is 0 Å². The van der Waals surface area contributed by atoms with E-state index in [1.54, 1.807) is 0 Å². The molecule has 1 saturated heterocycles. The highest BCUT2D eigenvalue weighted by molar-refractivity contribution is 6.00. The van der Waals surface area contributed by atoms with Crippen molar-refractivity contribution in [2.75, 3.05) is 13.7 Å². The molecule has 43 heavy (non-hydrogen) atoms. The summed E-state index contributed by atoms with van der Waals surface area (Å²) >= 11 is 0. The number of hydrogen-bond donors (Lipinski definition) is 2. The second-order valence-electron chi connectivity index (χ2n) is 11.6. The normalized spacial score (nSPS) is 19.3. The number of aliphatic hydroxyl groups is 1. The molecular formula is C32H29F4N3O4. The first kappa shape index (κ1) is 29.0. The van der Waals surface area contributed by atoms with Crippen LogP contribution in [0.1, 0.15) is 66.7 Å². The lowest BCUT2D eigenvalue weighted by molar-refractivity contribution is -0.0613. The maximum absolute atomic E-state index is 15.9. The van der Waals surface area contributed by atoms with Crippen molar-refractivity contribution in [3.8, 4) is 17.0 Å². The SMILES string of the molecule is COc1cc(C(=O)NC2(c3cc(C(C)(C)O)c(F)c(-c4ccc(F)cc4)n3)OCCC23CC3)cc2cc(C(F)F)cnc12. The lowest BCUT2D eigenvalue weighted by atomic mass is 9.85. The number of aromatic nitrogens is 2. The van der Waals surface area contributed by atoms with Crippen molar-refractivity contribution in [1.29, 1.82) is 0 Å². The van der Waals surface area contributed by atoms with Gasteiger partial charge in [-0.05, 0) is 81.6 Å². The van der Waals surface area contributed by atoms with E-state index in [9.17, 15) is 23.1 Å². The van der Waals surface area contributed by atoms with Gasteiger partial charge in [0.1, 0.15) is 22.8 Å². The molecule has 0 radical (unpaired) electrons. The molecule has 2 aliphatic rings. The number of carbonyl (C=O) groups is 1. The first-order valence-electron chi connectivity index (χ1n) is 13.8. The smallest absolute Gasteiger partial charge is 0.265 e. The third kappa shape index (κ3) is 4.90. The van der Waals surface area contributed by atoms with Crippen molar-refractivity contribution in [2.45, 2.75) is 50.9 Å². The van der Waals surface area contributed by atoms with Crippen LogP contribution in [-0.4, -0.2) is 34.7 Å². The van der Waals surface area contributed by atoms with Gasteiger partial charge in [-0.1, -0.05) is 0 Å². The topological polar surface area (TPSA) is 93.6 Å². The highest BCUT2D eigenvalue weighted by Crippen LogP contribution is 2.64. The van der Waals surface area contributed by atoms with Gasteiger partial charge < -0.3 is 19.9 Å². The van der Waals surface area contributed by atoms with E-state index in [0.29, 0.717) is 24.8 Å². The van der Waals surface area contributed by atoms with Crippen molar-refractivity contribution in [3.63, 3.8) is 0 Å². The standard InChI is InChI=1S/C32H29F4N3O4/c1-30(2,41)22-15-24(38-27(25(22)34)17-4-6-21(33)7-5-17)32(31(8-9-31)10-11-43-32)39-29(40)19-12-18-13-20(28(35)36)16-37-26(18)23(14-19)42-3/h4-7,12-16,28,41H,8-11H2,1-3H3,(H,39,40). The highest BCUT2D eigenvalue weighted by Gasteiger charge is 2.66. The Hall–Kier alpha value is -4.09. The molecule has 1 atom stereocenters. The second kappa shape index (κ2) is 10.3. The Labute approximate surface area is 244 Å². The minimum atomic E-state index is -2.75. The van der Waals surface area contributed by atoms with Gasteiger partial charge >= 0.3 is 0 Å². The van der Waals surface area contributed by atoms with Crippen molar-refractivity contribution in [3.05, 3.63) is 88.7 Å². The highest BCUT2D eigenvalue weighted by atomic mass is 19.3. The van der Waals surface area contributed by atoms with Crippen LogP contribution in [0.4, 0.5) is 17.6 Å². The number of nitrogens with one attached hydrogen (secondary N) is 1. The van der Waals surface area contributed by atoms with E-state index in [2.05, 4.69) is 15.3 Å². The molecule has 3 heterocycles. The van der Waals surface area contributed by atoms with E-state index < -0.39 is 40.7 Å². The maximum Gasteiger partial charge on any atom is 0.265 e. The van der Waals surface area contributed by atoms with Crippen LogP contribution < -0.4 is 10.1 Å². The molecule has 4 aromatic rings. The Morgan fingerprint density at radius 1 is 1.09 bits per heavy atom. The number of fused-ring (bicyclic) bond motifs is 1. The number of benzene rings is 2. The zero-order valence-electron chi connectivity index (χ0n) is 23.7. The van der Waals surface area contributed by atoms with Crippen molar-refractivity contribution in [1.82, 2.24) is 15.3 Å². The molecule has 2 aromatic carbocycles. The quantitative estimate of drug-likeness (QED) is 0.236. The summed E-state index contributed by atoms with van der Waals surface area (Å²) in [4.78, 5) is 22.7. The van der Waals surface area contributed by atoms with Crippen LogP contribution in [0.2, 0.25) is 0 Å². The number of ether oxygens (including phenoxy) is 2. The van der Waals surface area contributed by atoms with Crippen LogP contribution in [-0.2, 0) is 16.1 Å². The number of amides is 1. The Bertz CT molecular complexity index is 1740. The minimum absolute atomic E-state index is 0.0743. The Kier molecular flexibility index (Phi) is 6.93. The third-order valence-electron chi connectivity index (χ3n) is 8.39. The zero-order chi connectivity index (χ0) is 30.7. The predicted octanol–water partition coefficient (Wildman–Crippen LogP) is 6.53. The summed E-state index contributed by atoms with van der Waals surface area (Å²) in [6.45, 7) is 3.15. The van der Waals surface area contributed by atoms with Crippen molar-refractivity contribution < 1.29 is 36.9 Å². The molecule has 1 unspecified atom stereocenters. The Morgan fingerprint density at radius 2 is 1.81 bits per heavy atom. The molecule has 1 amide bonds. The molecule has 7 nitrogen and oxygen atoms in total. The van der Waals surface area contributed by atoms with Gasteiger partial charge in [0.05, 0.1) is 25.0 Å². The Balaban J connectivity index is 1.50. The summed E-state index contributed by atoms with van der Waals surface area (Å²) < 4.78 is 68.2. The summed E-state index contributed by atoms with van der Waals surface area (Å²) in [6, 6.07) is 10.7. The van der Waals surface area contributed by atoms with Gasteiger partial charge in [0.25, 0.3) is 12.3 Å². The average molecular weight is 596 g/mol. The molecule has 2 aromatic heterocycles. The largest absolute Gasteiger partial charge is 0.494 e. The summed E-state index contributed by atoms with van der Waals surface area (Å²) in [5.41, 5.74) is -3.32. The minimum Gasteiger partial charge on any atom is -0.494 e. The lowest BCUT2D eigenvalue weighted by Gasteiger charge is -2.36. The molecular weight excluding hydrogens is 566 g/mol. The van der Waals surface area contributed by atoms with E-state index >= 15 is 4.39 Å². The molecule has 1 aliphatic heterocycles. The van der Waals surface area contributed by atoms with Gasteiger partial charge in [0.15, 0.2) is 11.5 Å². The maximum atomic E-state index is 15.9. The van der Waals surface area contributed by atoms with Crippen LogP contribution in [0.15, 0.2) is 54.7 Å². The van der Waals surface area contributed by atoms with Crippen LogP contribution in [0.25, 0.3) is 22.2 Å². The van der Waals surface area contributed by atoms with Crippen LogP contribution in [0.3, 0.4) is 0 Å². The molecule has 1 saturated carbocycles. The van der Waals surface area contributed by atoms with E-state index in [4.69, 9.17) is 9.47 Å². The first-order valence-corrected chi connectivity index (χ1v) is 13.8. The van der Waals surface area contributed by atoms with E-state index in [1.165, 1.54) is 69.5 Å². The molecule has 2 N–H and O–H groups in total. The van der Waals surface area contributed by atoms with Crippen molar-refractivity contribution in [2.24, 2.45) is 5.41 Å². The summed E-state index contributed by atoms with van der Waals surface area (Å²) in [5, 5.41) is 14.2. The monoisotopic (exact) mass is 595 g/mol. The number of hydrogen-bond acceptors (Lipinski definition) is 6. The summed E-state index contributed by atoms with van der Waals surface area (Å²) in [5.74, 6) is -1.68. The van der Waals surface area contributed by atoms with Crippen LogP contribution >= 0.6 is 0 Å². The number of alkyl halides is 2. The van der Waals surface area contributed by atoms with Crippen LogP contribution in [0.5, 0.6) is 5.75 Å². The predicted molar refractivity (Wildman–Crippen MR) is 149 cm³/mol. The fourth-order valence-corrected chi connectivity index (χ4v) is 5.89. The second-order valence-corrected chi connectivity index (χ2v) is 11.6. The molecule has 2 fully saturated rings. The van der Waals surface area contributed by atoms with Crippen molar-refractivity contribution >= 4 is 16.8 Å². The molecule has 224 valence electrons. The van der Waals surface area contributed by atoms with Gasteiger partial charge in [0.2, 0.25) is 0 Å². The van der Waals surface area contributed by atoms with E-state index in [0.717, 1.165) is 6.20 Å². The molecule has 11 heteroatoms. The van der Waals surface area contributed by atoms with Gasteiger partial charge in [-0.2, -0.15) is 0 Å². The average Bonchev–Trinajstić information content (AvgIpc) is 3.68. The zero-order valence-corrected chi connectivity index (χ0v) is 23.7. The first-order chi connectivity index (χ1) is 20.4. The molecule has 1 aliphatic carbocycles. The number of rotatable bonds is 7. The number of carbonyl (C=O) groups excluding carboxylic acids is 1. The number of methoxy groups -OCH3 is 1. The lowest BCUT2D eigenvalue weighted by Crippen LogP contribution is -2.52. The summed E-state index contributed by atoms with van der Waals surface area (Å²) in [6.07, 6.45) is 0.290. The number of nitrogens with zero attached hydrogens (tertiary/aromatic N) is 2. The summed E-state index contributed by atoms with van der Waals surface area (Å²) in [7, 11) is 1.39. The fourth-order valence-electron chi connectivity index (χ4n) is 5.89. The van der Waals surface area contributed by atoms with Gasteiger partial charge in [0, 0.05) is 39.3 Å². The number of pyridine rings is 2. The van der Waals surface area contributed by atoms with Crippen LogP contribution in [0, 0.1) is 17.0 Å². The molecule has 1 spiro atoms. The third-order valence-corrected chi connectivity index (χ3v) is 8.39.